The summed E-state index contributed by atoms with van der Waals surface area (Å²) in [7, 11) is 0. The topological polar surface area (TPSA) is 107 Å². The lowest BCUT2D eigenvalue weighted by Gasteiger charge is -2.23. The van der Waals surface area contributed by atoms with E-state index in [1.54, 1.807) is 12.2 Å². The van der Waals surface area contributed by atoms with Crippen molar-refractivity contribution < 1.29 is 24.4 Å². The Hall–Kier alpha value is -2.70. The summed E-state index contributed by atoms with van der Waals surface area (Å²) in [6.07, 6.45) is 4.18. The molecule has 2 rings (SSSR count). The fourth-order valence-corrected chi connectivity index (χ4v) is 2.32. The highest BCUT2D eigenvalue weighted by molar-refractivity contribution is 5.81. The van der Waals surface area contributed by atoms with Gasteiger partial charge < -0.3 is 9.84 Å². The number of carbonyl (C=O) groups is 2. The van der Waals surface area contributed by atoms with Gasteiger partial charge in [0, 0.05) is 12.1 Å². The lowest BCUT2D eigenvalue weighted by atomic mass is 9.83. The Morgan fingerprint density at radius 2 is 1.77 bits per heavy atom. The molecule has 0 saturated carbocycles. The van der Waals surface area contributed by atoms with Crippen LogP contribution in [0.1, 0.15) is 18.4 Å². The van der Waals surface area contributed by atoms with E-state index in [4.69, 9.17) is 9.84 Å². The van der Waals surface area contributed by atoms with E-state index < -0.39 is 28.7 Å². The molecule has 0 spiro atoms. The Labute approximate surface area is 126 Å². The van der Waals surface area contributed by atoms with Gasteiger partial charge in [0.2, 0.25) is 0 Å². The number of nitro benzene ring substituents is 1. The molecule has 2 atom stereocenters. The van der Waals surface area contributed by atoms with Crippen LogP contribution >= 0.6 is 0 Å². The van der Waals surface area contributed by atoms with E-state index in [1.807, 2.05) is 0 Å². The summed E-state index contributed by atoms with van der Waals surface area (Å²) in [5.41, 5.74) is 0.565. The molecule has 0 amide bonds. The van der Waals surface area contributed by atoms with Crippen LogP contribution in [-0.4, -0.2) is 22.0 Å². The van der Waals surface area contributed by atoms with Gasteiger partial charge in [-0.25, -0.2) is 0 Å². The normalized spacial score (nSPS) is 20.4. The van der Waals surface area contributed by atoms with Crippen molar-refractivity contribution in [1.82, 2.24) is 0 Å². The van der Waals surface area contributed by atoms with E-state index in [0.29, 0.717) is 18.4 Å². The van der Waals surface area contributed by atoms with Crippen molar-refractivity contribution in [3.05, 3.63) is 52.1 Å². The molecule has 0 unspecified atom stereocenters. The number of hydrogen-bond donors (Lipinski definition) is 1. The minimum atomic E-state index is -1.01. The maximum absolute atomic E-state index is 12.0. The number of ether oxygens (including phenoxy) is 1. The number of aliphatic carboxylic acids is 1. The molecule has 0 bridgehead atoms. The Balaban J connectivity index is 1.95. The molecule has 1 aromatic carbocycles. The highest BCUT2D eigenvalue weighted by Gasteiger charge is 2.35. The Morgan fingerprint density at radius 3 is 2.32 bits per heavy atom. The van der Waals surface area contributed by atoms with Crippen molar-refractivity contribution in [3.63, 3.8) is 0 Å². The number of esters is 1. The number of non-ortho nitro benzene ring substituents is 1. The zero-order valence-corrected chi connectivity index (χ0v) is 11.7. The van der Waals surface area contributed by atoms with E-state index in [9.17, 15) is 19.7 Å². The molecule has 1 aliphatic rings. The molecular weight excluding hydrogens is 290 g/mol. The zero-order chi connectivity index (χ0) is 16.1. The summed E-state index contributed by atoms with van der Waals surface area (Å²) >= 11 is 0. The Kier molecular flexibility index (Phi) is 4.88. The van der Waals surface area contributed by atoms with Crippen LogP contribution in [0.2, 0.25) is 0 Å². The summed E-state index contributed by atoms with van der Waals surface area (Å²) in [6, 6.07) is 5.65. The molecule has 0 saturated heterocycles. The van der Waals surface area contributed by atoms with Crippen LogP contribution < -0.4 is 0 Å². The first-order valence-corrected chi connectivity index (χ1v) is 6.77. The summed E-state index contributed by atoms with van der Waals surface area (Å²) < 4.78 is 5.14. The third-order valence-electron chi connectivity index (χ3n) is 3.58. The van der Waals surface area contributed by atoms with Crippen LogP contribution in [-0.2, 0) is 20.9 Å². The van der Waals surface area contributed by atoms with Crippen LogP contribution in [0.5, 0.6) is 0 Å². The predicted octanol–water partition coefficient (Wildman–Crippen LogP) is 2.30. The van der Waals surface area contributed by atoms with E-state index in [1.165, 1.54) is 24.3 Å². The maximum Gasteiger partial charge on any atom is 0.310 e. The standard InChI is InChI=1S/C15H15NO6/c17-14(18)12-3-1-2-4-13(12)15(19)22-9-10-5-7-11(8-6-10)16(20)21/h1-2,5-8,12-13H,3-4,9H2,(H,17,18)/t12-,13+/m1/s1. The maximum atomic E-state index is 12.0. The molecular formula is C15H15NO6. The lowest BCUT2D eigenvalue weighted by molar-refractivity contribution is -0.384. The molecule has 1 N–H and O–H groups in total. The average Bonchev–Trinajstić information content (AvgIpc) is 2.53. The molecule has 1 aliphatic carbocycles. The van der Waals surface area contributed by atoms with Crippen molar-refractivity contribution in [3.8, 4) is 0 Å². The van der Waals surface area contributed by atoms with E-state index >= 15 is 0 Å². The molecule has 0 radical (unpaired) electrons. The van der Waals surface area contributed by atoms with Crippen LogP contribution in [0.4, 0.5) is 5.69 Å². The fourth-order valence-electron chi connectivity index (χ4n) is 2.32. The highest BCUT2D eigenvalue weighted by Crippen LogP contribution is 2.27. The van der Waals surface area contributed by atoms with Gasteiger partial charge in [0.15, 0.2) is 0 Å². The molecule has 7 nitrogen and oxygen atoms in total. The van der Waals surface area contributed by atoms with Crippen molar-refractivity contribution in [2.75, 3.05) is 0 Å². The van der Waals surface area contributed by atoms with Crippen LogP contribution in [0.25, 0.3) is 0 Å². The molecule has 0 aliphatic heterocycles. The lowest BCUT2D eigenvalue weighted by Crippen LogP contribution is -2.32. The van der Waals surface area contributed by atoms with Gasteiger partial charge >= 0.3 is 11.9 Å². The number of carboxylic acids is 1. The molecule has 116 valence electrons. The van der Waals surface area contributed by atoms with E-state index in [-0.39, 0.29) is 12.3 Å². The van der Waals surface area contributed by atoms with Crippen molar-refractivity contribution in [2.24, 2.45) is 11.8 Å². The second-order valence-corrected chi connectivity index (χ2v) is 5.03. The summed E-state index contributed by atoms with van der Waals surface area (Å²) in [4.78, 5) is 33.2. The van der Waals surface area contributed by atoms with Gasteiger partial charge in [0.05, 0.1) is 16.8 Å². The van der Waals surface area contributed by atoms with Crippen molar-refractivity contribution in [1.29, 1.82) is 0 Å². The van der Waals surface area contributed by atoms with Gasteiger partial charge in [-0.1, -0.05) is 12.2 Å². The molecule has 7 heteroatoms. The number of hydrogen-bond acceptors (Lipinski definition) is 5. The third kappa shape index (κ3) is 3.69. The highest BCUT2D eigenvalue weighted by atomic mass is 16.6. The second-order valence-electron chi connectivity index (χ2n) is 5.03. The fraction of sp³-hybridized carbons (Fsp3) is 0.333. The van der Waals surface area contributed by atoms with Gasteiger partial charge in [0.1, 0.15) is 6.61 Å². The number of allylic oxidation sites excluding steroid dienone is 2. The van der Waals surface area contributed by atoms with E-state index in [2.05, 4.69) is 0 Å². The smallest absolute Gasteiger partial charge is 0.310 e. The first-order valence-electron chi connectivity index (χ1n) is 6.77. The first kappa shape index (κ1) is 15.7. The molecule has 0 heterocycles. The Bertz CT molecular complexity index is 607. The number of nitro groups is 1. The van der Waals surface area contributed by atoms with Gasteiger partial charge in [0.25, 0.3) is 5.69 Å². The minimum Gasteiger partial charge on any atom is -0.481 e. The molecule has 1 aromatic rings. The summed E-state index contributed by atoms with van der Waals surface area (Å²) in [5, 5.41) is 19.7. The minimum absolute atomic E-state index is 0.0383. The quantitative estimate of drug-likeness (QED) is 0.387. The third-order valence-corrected chi connectivity index (χ3v) is 3.58. The number of carbonyl (C=O) groups excluding carboxylic acids is 1. The SMILES string of the molecule is O=C(OCc1ccc([N+](=O)[O-])cc1)[C@H]1CC=CC[C@H]1C(=O)O. The predicted molar refractivity (Wildman–Crippen MR) is 75.9 cm³/mol. The molecule has 0 aromatic heterocycles. The van der Waals surface area contributed by atoms with Crippen molar-refractivity contribution >= 4 is 17.6 Å². The second kappa shape index (κ2) is 6.84. The molecule has 0 fully saturated rings. The van der Waals surface area contributed by atoms with Gasteiger partial charge in [-0.3, -0.25) is 19.7 Å². The van der Waals surface area contributed by atoms with Crippen LogP contribution in [0, 0.1) is 22.0 Å². The van der Waals surface area contributed by atoms with Crippen LogP contribution in [0.3, 0.4) is 0 Å². The van der Waals surface area contributed by atoms with Crippen LogP contribution in [0.15, 0.2) is 36.4 Å². The number of carboxylic acid groups (broad SMARTS) is 1. The number of benzene rings is 1. The number of rotatable bonds is 5. The first-order chi connectivity index (χ1) is 10.5. The summed E-state index contributed by atoms with van der Waals surface area (Å²) in [6.45, 7) is -0.0383. The largest absolute Gasteiger partial charge is 0.481 e. The van der Waals surface area contributed by atoms with Gasteiger partial charge in [-0.15, -0.1) is 0 Å². The number of nitrogens with zero attached hydrogens (tertiary/aromatic N) is 1. The van der Waals surface area contributed by atoms with Crippen molar-refractivity contribution in [2.45, 2.75) is 19.4 Å². The Morgan fingerprint density at radius 1 is 1.18 bits per heavy atom. The average molecular weight is 305 g/mol. The monoisotopic (exact) mass is 305 g/mol. The van der Waals surface area contributed by atoms with Gasteiger partial charge in [-0.2, -0.15) is 0 Å². The zero-order valence-electron chi connectivity index (χ0n) is 11.7. The summed E-state index contributed by atoms with van der Waals surface area (Å²) in [5.74, 6) is -3.04. The van der Waals surface area contributed by atoms with Gasteiger partial charge in [-0.05, 0) is 30.5 Å². The molecule has 22 heavy (non-hydrogen) atoms. The van der Waals surface area contributed by atoms with E-state index in [0.717, 1.165) is 0 Å².